The van der Waals surface area contributed by atoms with Crippen LogP contribution < -0.4 is 29.6 Å². The van der Waals surface area contributed by atoms with Gasteiger partial charge in [0.25, 0.3) is 0 Å². The fourth-order valence-electron chi connectivity index (χ4n) is 0.409. The molecule has 0 radical (unpaired) electrons. The molecule has 0 saturated heterocycles. The third kappa shape index (κ3) is 3.75. The van der Waals surface area contributed by atoms with Crippen molar-refractivity contribution in [3.63, 3.8) is 0 Å². The predicted octanol–water partition coefficient (Wildman–Crippen LogP) is -3.11. The van der Waals surface area contributed by atoms with Crippen LogP contribution in [0.5, 0.6) is 0 Å². The molecule has 0 aromatic carbocycles. The van der Waals surface area contributed by atoms with Gasteiger partial charge in [-0.1, -0.05) is 0 Å². The molecule has 0 aliphatic rings. The average molecular weight is 184 g/mol. The second-order valence-electron chi connectivity index (χ2n) is 1.53. The van der Waals surface area contributed by atoms with Crippen LogP contribution >= 0.6 is 0 Å². The molecule has 0 aromatic rings. The van der Waals surface area contributed by atoms with Crippen LogP contribution in [0.4, 0.5) is 0 Å². The molecule has 0 amide bonds. The minimum atomic E-state index is -0.931. The zero-order valence-corrected chi connectivity index (χ0v) is 9.16. The first kappa shape index (κ1) is 14.0. The van der Waals surface area contributed by atoms with Gasteiger partial charge in [0.05, 0.1) is 14.2 Å². The van der Waals surface area contributed by atoms with Crippen molar-refractivity contribution in [1.29, 1.82) is 0 Å². The Morgan fingerprint density at radius 2 is 1.58 bits per heavy atom. The van der Waals surface area contributed by atoms with E-state index in [0.717, 1.165) is 14.2 Å². The van der Waals surface area contributed by atoms with Crippen LogP contribution in [0.3, 0.4) is 0 Å². The summed E-state index contributed by atoms with van der Waals surface area (Å²) in [6, 6.07) is 0. The molecular formula is C6H9NaO5. The quantitative estimate of drug-likeness (QED) is 0.123. The number of esters is 2. The minimum absolute atomic E-state index is 0. The summed E-state index contributed by atoms with van der Waals surface area (Å²) in [7, 11) is 2.18. The monoisotopic (exact) mass is 184 g/mol. The third-order valence-corrected chi connectivity index (χ3v) is 0.940. The normalized spacial score (nSPS) is 7.50. The number of hydrogen-bond donors (Lipinski definition) is 1. The maximum Gasteiger partial charge on any atom is 1.00 e. The number of carbonyl (C=O) groups excluding carboxylic acids is 2. The van der Waals surface area contributed by atoms with Crippen molar-refractivity contribution in [2.45, 2.75) is 0 Å². The van der Waals surface area contributed by atoms with Crippen molar-refractivity contribution in [1.82, 2.24) is 0 Å². The molecule has 0 bridgehead atoms. The van der Waals surface area contributed by atoms with Crippen molar-refractivity contribution < 1.29 is 55.2 Å². The molecule has 12 heavy (non-hydrogen) atoms. The van der Waals surface area contributed by atoms with Gasteiger partial charge in [0.2, 0.25) is 0 Å². The van der Waals surface area contributed by atoms with Crippen molar-refractivity contribution in [3.8, 4) is 0 Å². The standard InChI is InChI=1S/C6H8O5.Na.H/c1-10-5(8)4(3-7)6(9)11-2;;/h3,7H,1-2H3;;/q;+1;-1. The van der Waals surface area contributed by atoms with Gasteiger partial charge in [-0.05, 0) is 0 Å². The molecule has 5 nitrogen and oxygen atoms in total. The van der Waals surface area contributed by atoms with Crippen molar-refractivity contribution in [2.24, 2.45) is 0 Å². The molecule has 0 unspecified atom stereocenters. The Bertz CT molecular complexity index is 185. The summed E-state index contributed by atoms with van der Waals surface area (Å²) >= 11 is 0. The van der Waals surface area contributed by atoms with Crippen LogP contribution in [0, 0.1) is 0 Å². The van der Waals surface area contributed by atoms with Crippen molar-refractivity contribution in [3.05, 3.63) is 11.8 Å². The Hall–Kier alpha value is -0.520. The summed E-state index contributed by atoms with van der Waals surface area (Å²) in [6.45, 7) is 0. The van der Waals surface area contributed by atoms with Gasteiger partial charge in [-0.25, -0.2) is 9.59 Å². The van der Waals surface area contributed by atoms with E-state index in [1.54, 1.807) is 0 Å². The largest absolute Gasteiger partial charge is 1.00 e. The van der Waals surface area contributed by atoms with Crippen LogP contribution in [0.25, 0.3) is 0 Å². The summed E-state index contributed by atoms with van der Waals surface area (Å²) in [5, 5.41) is 8.37. The van der Waals surface area contributed by atoms with E-state index in [1.807, 2.05) is 0 Å². The fourth-order valence-corrected chi connectivity index (χ4v) is 0.409. The number of aliphatic hydroxyl groups excluding tert-OH is 1. The summed E-state index contributed by atoms with van der Waals surface area (Å²) < 4.78 is 8.32. The second-order valence-corrected chi connectivity index (χ2v) is 1.53. The molecule has 0 aliphatic heterocycles. The summed E-state index contributed by atoms with van der Waals surface area (Å²) in [6.07, 6.45) is 0.345. The molecule has 6 heteroatoms. The molecule has 0 atom stereocenters. The summed E-state index contributed by atoms with van der Waals surface area (Å²) in [5.74, 6) is -1.86. The third-order valence-electron chi connectivity index (χ3n) is 0.940. The molecule has 0 heterocycles. The van der Waals surface area contributed by atoms with Crippen LogP contribution in [0.15, 0.2) is 11.8 Å². The van der Waals surface area contributed by atoms with Gasteiger partial charge in [-0.2, -0.15) is 0 Å². The molecule has 0 rings (SSSR count). The average Bonchev–Trinajstić information content (AvgIpc) is 2.05. The van der Waals surface area contributed by atoms with E-state index >= 15 is 0 Å². The zero-order valence-electron chi connectivity index (χ0n) is 8.16. The first-order valence-electron chi connectivity index (χ1n) is 2.68. The van der Waals surface area contributed by atoms with E-state index in [9.17, 15) is 9.59 Å². The maximum atomic E-state index is 10.6. The Balaban J connectivity index is -0.000000500. The van der Waals surface area contributed by atoms with Crippen molar-refractivity contribution >= 4 is 11.9 Å². The molecule has 0 saturated carbocycles. The molecule has 64 valence electrons. The van der Waals surface area contributed by atoms with E-state index in [-0.39, 0.29) is 31.0 Å². The Morgan fingerprint density at radius 1 is 1.25 bits per heavy atom. The SMILES string of the molecule is COC(=O)C(=CO)C(=O)OC.[H-].[Na+]. The van der Waals surface area contributed by atoms with E-state index < -0.39 is 17.5 Å². The van der Waals surface area contributed by atoms with E-state index in [1.165, 1.54) is 0 Å². The Morgan fingerprint density at radius 3 is 1.75 bits per heavy atom. The number of carbonyl (C=O) groups is 2. The van der Waals surface area contributed by atoms with Gasteiger partial charge in [0.15, 0.2) is 5.57 Å². The molecule has 0 aliphatic carbocycles. The maximum absolute atomic E-state index is 10.6. The van der Waals surface area contributed by atoms with Gasteiger partial charge in [0.1, 0.15) is 6.26 Å². The molecule has 1 N–H and O–H groups in total. The topological polar surface area (TPSA) is 72.8 Å². The van der Waals surface area contributed by atoms with E-state index in [4.69, 9.17) is 5.11 Å². The van der Waals surface area contributed by atoms with E-state index in [2.05, 4.69) is 9.47 Å². The molecule has 0 aromatic heterocycles. The van der Waals surface area contributed by atoms with Gasteiger partial charge >= 0.3 is 41.5 Å². The van der Waals surface area contributed by atoms with E-state index in [0.29, 0.717) is 6.26 Å². The van der Waals surface area contributed by atoms with Gasteiger partial charge in [-0.3, -0.25) is 0 Å². The predicted molar refractivity (Wildman–Crippen MR) is 35.9 cm³/mol. The first-order valence-corrected chi connectivity index (χ1v) is 2.68. The van der Waals surface area contributed by atoms with Crippen LogP contribution in [-0.4, -0.2) is 31.3 Å². The number of rotatable bonds is 2. The number of hydrogen-bond acceptors (Lipinski definition) is 5. The number of methoxy groups -OCH3 is 2. The van der Waals surface area contributed by atoms with Crippen LogP contribution in [-0.2, 0) is 19.1 Å². The fraction of sp³-hybridized carbons (Fsp3) is 0.333. The number of aliphatic hydroxyl groups is 1. The molecule has 0 fully saturated rings. The van der Waals surface area contributed by atoms with Gasteiger partial charge in [-0.15, -0.1) is 0 Å². The zero-order chi connectivity index (χ0) is 8.85. The first-order chi connectivity index (χ1) is 5.17. The van der Waals surface area contributed by atoms with Crippen LogP contribution in [0.2, 0.25) is 0 Å². The Kier molecular flexibility index (Phi) is 8.36. The van der Waals surface area contributed by atoms with Gasteiger partial charge < -0.3 is 16.0 Å². The molecular weight excluding hydrogens is 175 g/mol. The van der Waals surface area contributed by atoms with Gasteiger partial charge in [0, 0.05) is 0 Å². The Labute approximate surface area is 93.1 Å². The van der Waals surface area contributed by atoms with Crippen LogP contribution in [0.1, 0.15) is 1.43 Å². The summed E-state index contributed by atoms with van der Waals surface area (Å²) in [4.78, 5) is 21.2. The smallest absolute Gasteiger partial charge is 1.00 e. The summed E-state index contributed by atoms with van der Waals surface area (Å²) in [5.41, 5.74) is -0.532. The minimum Gasteiger partial charge on any atom is -1.00 e. The van der Waals surface area contributed by atoms with Crippen molar-refractivity contribution in [2.75, 3.05) is 14.2 Å². The second kappa shape index (κ2) is 7.15. The number of ether oxygens (including phenoxy) is 2. The molecule has 0 spiro atoms.